The molecule has 1 N–H and O–H groups in total. The van der Waals surface area contributed by atoms with E-state index in [1.165, 1.54) is 19.2 Å². The van der Waals surface area contributed by atoms with Gasteiger partial charge >= 0.3 is 6.18 Å². The van der Waals surface area contributed by atoms with Crippen LogP contribution in [0.4, 0.5) is 13.2 Å². The summed E-state index contributed by atoms with van der Waals surface area (Å²) in [6.45, 7) is -0.0265. The largest absolute Gasteiger partial charge is 0.416 e. The van der Waals surface area contributed by atoms with Crippen LogP contribution in [0, 0.1) is 0 Å². The van der Waals surface area contributed by atoms with E-state index in [1.807, 2.05) is 0 Å². The van der Waals surface area contributed by atoms with E-state index in [4.69, 9.17) is 0 Å². The van der Waals surface area contributed by atoms with Gasteiger partial charge in [-0.15, -0.1) is 0 Å². The van der Waals surface area contributed by atoms with Gasteiger partial charge in [-0.2, -0.15) is 13.2 Å². The first-order valence-electron chi connectivity index (χ1n) is 4.29. The fourth-order valence-electron chi connectivity index (χ4n) is 1.18. The van der Waals surface area contributed by atoms with E-state index < -0.39 is 17.8 Å². The molecule has 0 bridgehead atoms. The first-order chi connectivity index (χ1) is 6.95. The Morgan fingerprint density at radius 3 is 2.60 bits per heavy atom. The SMILES string of the molecule is COCC(O)c1cccc(C(F)(F)F)c1. The molecule has 0 amide bonds. The molecular formula is C10H11F3O2. The van der Waals surface area contributed by atoms with Crippen molar-refractivity contribution >= 4 is 0 Å². The van der Waals surface area contributed by atoms with Gasteiger partial charge < -0.3 is 9.84 Å². The molecule has 1 rings (SSSR count). The zero-order valence-corrected chi connectivity index (χ0v) is 8.08. The van der Waals surface area contributed by atoms with Crippen molar-refractivity contribution in [2.45, 2.75) is 12.3 Å². The average Bonchev–Trinajstić information content (AvgIpc) is 2.17. The van der Waals surface area contributed by atoms with Gasteiger partial charge in [0.25, 0.3) is 0 Å². The number of aliphatic hydroxyl groups is 1. The summed E-state index contributed by atoms with van der Waals surface area (Å²) < 4.78 is 41.6. The highest BCUT2D eigenvalue weighted by molar-refractivity contribution is 5.27. The Bertz CT molecular complexity index is 323. The fourth-order valence-corrected chi connectivity index (χ4v) is 1.18. The summed E-state index contributed by atoms with van der Waals surface area (Å²) in [7, 11) is 1.37. The third-order valence-electron chi connectivity index (χ3n) is 1.92. The molecule has 0 radical (unpaired) electrons. The van der Waals surface area contributed by atoms with Crippen molar-refractivity contribution in [3.05, 3.63) is 35.4 Å². The Morgan fingerprint density at radius 2 is 2.07 bits per heavy atom. The molecule has 2 nitrogen and oxygen atoms in total. The highest BCUT2D eigenvalue weighted by Gasteiger charge is 2.30. The van der Waals surface area contributed by atoms with Crippen molar-refractivity contribution in [2.75, 3.05) is 13.7 Å². The Kier molecular flexibility index (Phi) is 3.71. The summed E-state index contributed by atoms with van der Waals surface area (Å²) in [5.41, 5.74) is -0.568. The number of methoxy groups -OCH3 is 1. The van der Waals surface area contributed by atoms with Crippen LogP contribution in [-0.2, 0) is 10.9 Å². The minimum Gasteiger partial charge on any atom is -0.386 e. The van der Waals surface area contributed by atoms with Crippen molar-refractivity contribution in [1.82, 2.24) is 0 Å². The van der Waals surface area contributed by atoms with E-state index in [-0.39, 0.29) is 12.2 Å². The molecule has 1 aromatic rings. The lowest BCUT2D eigenvalue weighted by Gasteiger charge is -2.12. The number of hydrogen-bond donors (Lipinski definition) is 1. The molecule has 0 aromatic heterocycles. The van der Waals surface area contributed by atoms with Crippen molar-refractivity contribution in [1.29, 1.82) is 0 Å². The fraction of sp³-hybridized carbons (Fsp3) is 0.400. The topological polar surface area (TPSA) is 29.5 Å². The summed E-state index contributed by atoms with van der Waals surface area (Å²) in [4.78, 5) is 0. The van der Waals surface area contributed by atoms with E-state index in [0.717, 1.165) is 12.1 Å². The van der Waals surface area contributed by atoms with Gasteiger partial charge in [-0.1, -0.05) is 12.1 Å². The van der Waals surface area contributed by atoms with Crippen molar-refractivity contribution < 1.29 is 23.0 Å². The molecule has 0 saturated heterocycles. The molecule has 0 aliphatic heterocycles. The number of hydrogen-bond acceptors (Lipinski definition) is 2. The lowest BCUT2D eigenvalue weighted by atomic mass is 10.1. The minimum atomic E-state index is -4.39. The van der Waals surface area contributed by atoms with Gasteiger partial charge in [-0.3, -0.25) is 0 Å². The Hall–Kier alpha value is -1.07. The molecule has 0 heterocycles. The van der Waals surface area contributed by atoms with Crippen LogP contribution >= 0.6 is 0 Å². The number of halogens is 3. The van der Waals surface area contributed by atoms with Gasteiger partial charge in [0.2, 0.25) is 0 Å². The lowest BCUT2D eigenvalue weighted by molar-refractivity contribution is -0.137. The number of ether oxygens (including phenoxy) is 1. The summed E-state index contributed by atoms with van der Waals surface area (Å²) in [5, 5.41) is 9.42. The summed E-state index contributed by atoms with van der Waals surface area (Å²) in [5.74, 6) is 0. The van der Waals surface area contributed by atoms with Crippen molar-refractivity contribution in [3.8, 4) is 0 Å². The van der Waals surface area contributed by atoms with E-state index in [0.29, 0.717) is 0 Å². The predicted octanol–water partition coefficient (Wildman–Crippen LogP) is 2.39. The predicted molar refractivity (Wildman–Crippen MR) is 48.3 cm³/mol. The molecule has 0 saturated carbocycles. The second-order valence-electron chi connectivity index (χ2n) is 3.09. The zero-order chi connectivity index (χ0) is 11.5. The molecule has 1 aromatic carbocycles. The molecule has 0 aliphatic rings. The monoisotopic (exact) mass is 220 g/mol. The van der Waals surface area contributed by atoms with Gasteiger partial charge in [0.05, 0.1) is 12.2 Å². The third kappa shape index (κ3) is 3.21. The number of aliphatic hydroxyl groups excluding tert-OH is 1. The van der Waals surface area contributed by atoms with E-state index in [2.05, 4.69) is 4.74 Å². The standard InChI is InChI=1S/C10H11F3O2/c1-15-6-9(14)7-3-2-4-8(5-7)10(11,12)13/h2-5,9,14H,6H2,1H3. The Labute approximate surface area is 85.3 Å². The van der Waals surface area contributed by atoms with Gasteiger partial charge in [0.1, 0.15) is 6.10 Å². The van der Waals surface area contributed by atoms with Crippen LogP contribution in [0.3, 0.4) is 0 Å². The number of alkyl halides is 3. The molecule has 1 unspecified atom stereocenters. The molecule has 1 atom stereocenters. The van der Waals surface area contributed by atoms with Gasteiger partial charge in [0, 0.05) is 7.11 Å². The average molecular weight is 220 g/mol. The van der Waals surface area contributed by atoms with E-state index in [9.17, 15) is 18.3 Å². The Balaban J connectivity index is 2.92. The van der Waals surface area contributed by atoms with Crippen LogP contribution in [-0.4, -0.2) is 18.8 Å². The van der Waals surface area contributed by atoms with Crippen molar-refractivity contribution in [2.24, 2.45) is 0 Å². The Morgan fingerprint density at radius 1 is 1.40 bits per heavy atom. The molecular weight excluding hydrogens is 209 g/mol. The molecule has 0 spiro atoms. The molecule has 15 heavy (non-hydrogen) atoms. The van der Waals surface area contributed by atoms with Gasteiger partial charge in [0.15, 0.2) is 0 Å². The highest BCUT2D eigenvalue weighted by atomic mass is 19.4. The highest BCUT2D eigenvalue weighted by Crippen LogP contribution is 2.30. The van der Waals surface area contributed by atoms with Crippen LogP contribution in [0.1, 0.15) is 17.2 Å². The first kappa shape index (κ1) is 12.0. The zero-order valence-electron chi connectivity index (χ0n) is 8.08. The summed E-state index contributed by atoms with van der Waals surface area (Å²) in [6.07, 6.45) is -5.42. The molecule has 84 valence electrons. The van der Waals surface area contributed by atoms with Crippen molar-refractivity contribution in [3.63, 3.8) is 0 Å². The number of rotatable bonds is 3. The molecule has 0 fully saturated rings. The third-order valence-corrected chi connectivity index (χ3v) is 1.92. The smallest absolute Gasteiger partial charge is 0.386 e. The maximum atomic E-state index is 12.3. The van der Waals surface area contributed by atoms with Crippen LogP contribution in [0.2, 0.25) is 0 Å². The second kappa shape index (κ2) is 4.63. The molecule has 0 aliphatic carbocycles. The van der Waals surface area contributed by atoms with Crippen LogP contribution in [0.5, 0.6) is 0 Å². The molecule has 5 heteroatoms. The first-order valence-corrected chi connectivity index (χ1v) is 4.29. The number of benzene rings is 1. The summed E-state index contributed by atoms with van der Waals surface area (Å²) in [6, 6.07) is 4.57. The van der Waals surface area contributed by atoms with Crippen LogP contribution in [0.25, 0.3) is 0 Å². The normalized spacial score (nSPS) is 13.9. The maximum Gasteiger partial charge on any atom is 0.416 e. The van der Waals surface area contributed by atoms with Gasteiger partial charge in [-0.25, -0.2) is 0 Å². The second-order valence-corrected chi connectivity index (χ2v) is 3.09. The van der Waals surface area contributed by atoms with E-state index >= 15 is 0 Å². The lowest BCUT2D eigenvalue weighted by Crippen LogP contribution is -2.09. The van der Waals surface area contributed by atoms with Crippen LogP contribution in [0.15, 0.2) is 24.3 Å². The van der Waals surface area contributed by atoms with Crippen LogP contribution < -0.4 is 0 Å². The summed E-state index contributed by atoms with van der Waals surface area (Å²) >= 11 is 0. The minimum absolute atomic E-state index is 0.0265. The van der Waals surface area contributed by atoms with E-state index in [1.54, 1.807) is 0 Å². The maximum absolute atomic E-state index is 12.3. The quantitative estimate of drug-likeness (QED) is 0.847. The van der Waals surface area contributed by atoms with Gasteiger partial charge in [-0.05, 0) is 17.7 Å².